The van der Waals surface area contributed by atoms with E-state index < -0.39 is 0 Å². The Balaban J connectivity index is 1.70. The maximum absolute atomic E-state index is 11.9. The fourth-order valence-electron chi connectivity index (χ4n) is 1.67. The van der Waals surface area contributed by atoms with Crippen LogP contribution in [0.25, 0.3) is 0 Å². The first-order valence-corrected chi connectivity index (χ1v) is 6.77. The second-order valence-corrected chi connectivity index (χ2v) is 5.21. The van der Waals surface area contributed by atoms with Crippen LogP contribution in [-0.2, 0) is 0 Å². The van der Waals surface area contributed by atoms with Crippen LogP contribution in [0.5, 0.6) is 0 Å². The van der Waals surface area contributed by atoms with E-state index in [4.69, 9.17) is 5.26 Å². The Morgan fingerprint density at radius 1 is 1.47 bits per heavy atom. The highest BCUT2D eigenvalue weighted by Gasteiger charge is 2.26. The van der Waals surface area contributed by atoms with Gasteiger partial charge in [0.2, 0.25) is 0 Å². The molecule has 0 radical (unpaired) electrons. The van der Waals surface area contributed by atoms with Gasteiger partial charge in [0, 0.05) is 17.5 Å². The summed E-state index contributed by atoms with van der Waals surface area (Å²) in [5.41, 5.74) is 1.78. The molecule has 94 valence electrons. The standard InChI is InChI=1S/C13H10N4OS/c14-5-8-1-4-10(15-6-8)12(18)17-13-16-11(7-19-13)9-2-3-9/h1,4,6-7,9H,2-3H2,(H,16,17,18). The summed E-state index contributed by atoms with van der Waals surface area (Å²) in [7, 11) is 0. The highest BCUT2D eigenvalue weighted by molar-refractivity contribution is 7.14. The second-order valence-electron chi connectivity index (χ2n) is 4.35. The molecule has 1 amide bonds. The van der Waals surface area contributed by atoms with E-state index >= 15 is 0 Å². The first-order valence-electron chi connectivity index (χ1n) is 5.89. The monoisotopic (exact) mass is 270 g/mol. The van der Waals surface area contributed by atoms with Gasteiger partial charge in [-0.3, -0.25) is 10.1 Å². The molecule has 0 unspecified atom stereocenters. The summed E-state index contributed by atoms with van der Waals surface area (Å²) < 4.78 is 0. The maximum Gasteiger partial charge on any atom is 0.276 e. The molecule has 2 aromatic rings. The number of carbonyl (C=O) groups is 1. The lowest BCUT2D eigenvalue weighted by molar-refractivity contribution is 0.102. The number of aromatic nitrogens is 2. The van der Waals surface area contributed by atoms with Crippen molar-refractivity contribution in [1.29, 1.82) is 5.26 Å². The van der Waals surface area contributed by atoms with Gasteiger partial charge in [-0.1, -0.05) is 0 Å². The number of hydrogen-bond donors (Lipinski definition) is 1. The number of nitrogens with zero attached hydrogens (tertiary/aromatic N) is 3. The maximum atomic E-state index is 11.9. The van der Waals surface area contributed by atoms with Crippen molar-refractivity contribution in [2.75, 3.05) is 5.32 Å². The van der Waals surface area contributed by atoms with Crippen LogP contribution in [0, 0.1) is 11.3 Å². The van der Waals surface area contributed by atoms with E-state index in [1.165, 1.54) is 36.4 Å². The molecular formula is C13H10N4OS. The van der Waals surface area contributed by atoms with Crippen LogP contribution in [-0.4, -0.2) is 15.9 Å². The van der Waals surface area contributed by atoms with Crippen molar-refractivity contribution in [3.05, 3.63) is 40.7 Å². The Labute approximate surface area is 113 Å². The average molecular weight is 270 g/mol. The molecule has 0 spiro atoms. The topological polar surface area (TPSA) is 78.7 Å². The predicted octanol–water partition coefficient (Wildman–Crippen LogP) is 2.54. The number of amides is 1. The lowest BCUT2D eigenvalue weighted by atomic mass is 10.2. The fourth-order valence-corrected chi connectivity index (χ4v) is 2.45. The number of hydrogen-bond acceptors (Lipinski definition) is 5. The zero-order valence-corrected chi connectivity index (χ0v) is 10.8. The molecule has 1 aliphatic rings. The SMILES string of the molecule is N#Cc1ccc(C(=O)Nc2nc(C3CC3)cs2)nc1. The molecule has 2 aromatic heterocycles. The summed E-state index contributed by atoms with van der Waals surface area (Å²) in [6.07, 6.45) is 3.76. The number of nitriles is 1. The number of carbonyl (C=O) groups excluding carboxylic acids is 1. The van der Waals surface area contributed by atoms with Crippen LogP contribution in [0.2, 0.25) is 0 Å². The molecule has 0 atom stereocenters. The minimum atomic E-state index is -0.304. The number of nitrogens with one attached hydrogen (secondary N) is 1. The lowest BCUT2D eigenvalue weighted by Gasteiger charge is -2.00. The zero-order valence-electron chi connectivity index (χ0n) is 9.96. The van der Waals surface area contributed by atoms with Crippen LogP contribution in [0.4, 0.5) is 5.13 Å². The Morgan fingerprint density at radius 3 is 2.95 bits per heavy atom. The molecule has 2 heterocycles. The lowest BCUT2D eigenvalue weighted by Crippen LogP contribution is -2.13. The molecule has 1 fully saturated rings. The van der Waals surface area contributed by atoms with Crippen LogP contribution in [0.3, 0.4) is 0 Å². The zero-order chi connectivity index (χ0) is 13.2. The Kier molecular flexibility index (Phi) is 2.97. The molecular weight excluding hydrogens is 260 g/mol. The van der Waals surface area contributed by atoms with Crippen LogP contribution < -0.4 is 5.32 Å². The van der Waals surface area contributed by atoms with Gasteiger partial charge in [-0.05, 0) is 25.0 Å². The largest absolute Gasteiger partial charge is 0.296 e. The fraction of sp³-hybridized carbons (Fsp3) is 0.231. The van der Waals surface area contributed by atoms with E-state index in [9.17, 15) is 4.79 Å². The summed E-state index contributed by atoms with van der Waals surface area (Å²) in [6.45, 7) is 0. The molecule has 0 saturated heterocycles. The number of anilines is 1. The third-order valence-electron chi connectivity index (χ3n) is 2.86. The van der Waals surface area contributed by atoms with Crippen molar-refractivity contribution >= 4 is 22.4 Å². The van der Waals surface area contributed by atoms with Gasteiger partial charge in [-0.2, -0.15) is 5.26 Å². The van der Waals surface area contributed by atoms with Crippen molar-refractivity contribution in [1.82, 2.24) is 9.97 Å². The van der Waals surface area contributed by atoms with Crippen LogP contribution in [0.1, 0.15) is 40.5 Å². The molecule has 19 heavy (non-hydrogen) atoms. The Hall–Kier alpha value is -2.26. The highest BCUT2D eigenvalue weighted by atomic mass is 32.1. The smallest absolute Gasteiger partial charge is 0.276 e. The molecule has 0 bridgehead atoms. The van der Waals surface area contributed by atoms with Gasteiger partial charge >= 0.3 is 0 Å². The molecule has 0 aromatic carbocycles. The summed E-state index contributed by atoms with van der Waals surface area (Å²) >= 11 is 1.43. The van der Waals surface area contributed by atoms with Gasteiger partial charge in [0.15, 0.2) is 5.13 Å². The summed E-state index contributed by atoms with van der Waals surface area (Å²) in [5.74, 6) is 0.274. The molecule has 0 aliphatic heterocycles. The van der Waals surface area contributed by atoms with E-state index in [1.54, 1.807) is 6.07 Å². The summed E-state index contributed by atoms with van der Waals surface area (Å²) in [5, 5.41) is 14.0. The third kappa shape index (κ3) is 2.61. The van der Waals surface area contributed by atoms with E-state index in [1.807, 2.05) is 11.4 Å². The van der Waals surface area contributed by atoms with Gasteiger partial charge < -0.3 is 0 Å². The molecule has 3 rings (SSSR count). The van der Waals surface area contributed by atoms with E-state index in [-0.39, 0.29) is 11.6 Å². The third-order valence-corrected chi connectivity index (χ3v) is 3.64. The summed E-state index contributed by atoms with van der Waals surface area (Å²) in [4.78, 5) is 20.2. The minimum Gasteiger partial charge on any atom is -0.296 e. The van der Waals surface area contributed by atoms with Crippen molar-refractivity contribution < 1.29 is 4.79 Å². The van der Waals surface area contributed by atoms with Gasteiger partial charge in [0.05, 0.1) is 11.3 Å². The van der Waals surface area contributed by atoms with Crippen molar-refractivity contribution in [2.24, 2.45) is 0 Å². The summed E-state index contributed by atoms with van der Waals surface area (Å²) in [6, 6.07) is 5.06. The molecule has 1 N–H and O–H groups in total. The van der Waals surface area contributed by atoms with Crippen molar-refractivity contribution in [2.45, 2.75) is 18.8 Å². The minimum absolute atomic E-state index is 0.280. The van der Waals surface area contributed by atoms with E-state index in [0.29, 0.717) is 16.6 Å². The average Bonchev–Trinajstić information content (AvgIpc) is 3.20. The second kappa shape index (κ2) is 4.78. The molecule has 1 aliphatic carbocycles. The van der Waals surface area contributed by atoms with Gasteiger partial charge in [0.1, 0.15) is 11.8 Å². The molecule has 6 heteroatoms. The first-order chi connectivity index (χ1) is 9.26. The normalized spacial score (nSPS) is 13.8. The van der Waals surface area contributed by atoms with Gasteiger partial charge in [-0.25, -0.2) is 9.97 Å². The molecule has 5 nitrogen and oxygen atoms in total. The van der Waals surface area contributed by atoms with E-state index in [2.05, 4.69) is 15.3 Å². The predicted molar refractivity (Wildman–Crippen MR) is 71.0 cm³/mol. The number of rotatable bonds is 3. The number of pyridine rings is 1. The Bertz CT molecular complexity index is 652. The van der Waals surface area contributed by atoms with Crippen LogP contribution in [0.15, 0.2) is 23.7 Å². The molecule has 1 saturated carbocycles. The number of thiazole rings is 1. The van der Waals surface area contributed by atoms with Gasteiger partial charge in [0.25, 0.3) is 5.91 Å². The quantitative estimate of drug-likeness (QED) is 0.929. The van der Waals surface area contributed by atoms with Crippen LogP contribution >= 0.6 is 11.3 Å². The highest BCUT2D eigenvalue weighted by Crippen LogP contribution is 2.40. The first kappa shape index (κ1) is 11.8. The van der Waals surface area contributed by atoms with E-state index in [0.717, 1.165) is 5.69 Å². The van der Waals surface area contributed by atoms with Crippen molar-refractivity contribution in [3.8, 4) is 6.07 Å². The van der Waals surface area contributed by atoms with Gasteiger partial charge in [-0.15, -0.1) is 11.3 Å². The Morgan fingerprint density at radius 2 is 2.32 bits per heavy atom. The van der Waals surface area contributed by atoms with Crippen molar-refractivity contribution in [3.63, 3.8) is 0 Å².